The van der Waals surface area contributed by atoms with Crippen LogP contribution in [0.15, 0.2) is 54.9 Å². The zero-order chi connectivity index (χ0) is 14.8. The number of thiocarbonyl (C=S) groups is 1. The molecule has 0 atom stereocenters. The predicted molar refractivity (Wildman–Crippen MR) is 87.4 cm³/mol. The first-order valence-corrected chi connectivity index (χ1v) is 6.93. The number of rotatable bonds is 3. The Kier molecular flexibility index (Phi) is 3.50. The quantitative estimate of drug-likeness (QED) is 0.755. The lowest BCUT2D eigenvalue weighted by Gasteiger charge is -2.05. The molecule has 2 heterocycles. The van der Waals surface area contributed by atoms with Gasteiger partial charge in [0.2, 0.25) is 0 Å². The highest BCUT2D eigenvalue weighted by molar-refractivity contribution is 7.80. The van der Waals surface area contributed by atoms with Crippen LogP contribution >= 0.6 is 12.2 Å². The highest BCUT2D eigenvalue weighted by atomic mass is 32.1. The number of aromatic nitrogens is 3. The normalized spacial score (nSPS) is 10.5. The molecule has 0 aliphatic rings. The molecule has 0 fully saturated rings. The molecule has 0 unspecified atom stereocenters. The molecular formula is C16H14N4S. The summed E-state index contributed by atoms with van der Waals surface area (Å²) in [5.74, 6) is 0.708. The Morgan fingerprint density at radius 3 is 2.62 bits per heavy atom. The summed E-state index contributed by atoms with van der Waals surface area (Å²) in [5, 5.41) is 4.37. The van der Waals surface area contributed by atoms with E-state index in [4.69, 9.17) is 18.0 Å². The van der Waals surface area contributed by atoms with Crippen LogP contribution in [0.2, 0.25) is 0 Å². The van der Waals surface area contributed by atoms with Crippen LogP contribution in [0.5, 0.6) is 0 Å². The molecule has 21 heavy (non-hydrogen) atoms. The summed E-state index contributed by atoms with van der Waals surface area (Å²) in [6, 6.07) is 13.8. The second-order valence-corrected chi connectivity index (χ2v) is 5.20. The van der Waals surface area contributed by atoms with Gasteiger partial charge < -0.3 is 5.73 Å². The second kappa shape index (κ2) is 5.46. The molecule has 4 nitrogen and oxygen atoms in total. The Bertz CT molecular complexity index is 793. The van der Waals surface area contributed by atoms with Crippen LogP contribution < -0.4 is 5.73 Å². The number of hydrogen-bond acceptors (Lipinski definition) is 3. The van der Waals surface area contributed by atoms with E-state index in [-0.39, 0.29) is 0 Å². The molecule has 0 amide bonds. The van der Waals surface area contributed by atoms with Crippen molar-refractivity contribution in [1.82, 2.24) is 14.8 Å². The topological polar surface area (TPSA) is 56.7 Å². The van der Waals surface area contributed by atoms with Gasteiger partial charge in [-0.2, -0.15) is 5.10 Å². The number of benzene rings is 1. The van der Waals surface area contributed by atoms with E-state index in [2.05, 4.69) is 10.1 Å². The maximum atomic E-state index is 5.70. The first kappa shape index (κ1) is 13.5. The lowest BCUT2D eigenvalue weighted by molar-refractivity contribution is 0.840. The van der Waals surface area contributed by atoms with E-state index in [1.54, 1.807) is 4.68 Å². The number of nitrogens with two attached hydrogens (primary N) is 1. The smallest absolute Gasteiger partial charge is 0.154 e. The first-order valence-electron chi connectivity index (χ1n) is 6.52. The van der Waals surface area contributed by atoms with Crippen LogP contribution in [-0.2, 0) is 0 Å². The molecule has 0 spiro atoms. The zero-order valence-corrected chi connectivity index (χ0v) is 12.3. The van der Waals surface area contributed by atoms with Gasteiger partial charge >= 0.3 is 0 Å². The lowest BCUT2D eigenvalue weighted by Crippen LogP contribution is -2.11. The van der Waals surface area contributed by atoms with Crippen LogP contribution in [0.25, 0.3) is 16.9 Å². The molecule has 0 aliphatic carbocycles. The number of nitrogens with zero attached hydrogens (tertiary/aromatic N) is 3. The van der Waals surface area contributed by atoms with Crippen LogP contribution in [0.1, 0.15) is 11.3 Å². The summed E-state index contributed by atoms with van der Waals surface area (Å²) in [6.45, 7) is 1.91. The van der Waals surface area contributed by atoms with Gasteiger partial charge in [0.25, 0.3) is 0 Å². The van der Waals surface area contributed by atoms with Gasteiger partial charge in [-0.1, -0.05) is 42.5 Å². The average molecular weight is 294 g/mol. The van der Waals surface area contributed by atoms with Crippen molar-refractivity contribution in [2.45, 2.75) is 6.92 Å². The van der Waals surface area contributed by atoms with Gasteiger partial charge in [0.05, 0.1) is 6.20 Å². The van der Waals surface area contributed by atoms with Gasteiger partial charge in [-0.25, -0.2) is 9.67 Å². The zero-order valence-electron chi connectivity index (χ0n) is 11.5. The summed E-state index contributed by atoms with van der Waals surface area (Å²) in [4.78, 5) is 4.84. The molecule has 0 saturated carbocycles. The molecule has 0 radical (unpaired) electrons. The minimum absolute atomic E-state index is 0.359. The molecule has 3 rings (SSSR count). The SMILES string of the molecule is Cc1cc(C(N)=S)cc(-n2cc(-c3ccccc3)cn2)n1. The molecule has 5 heteroatoms. The molecular weight excluding hydrogens is 280 g/mol. The van der Waals surface area contributed by atoms with E-state index < -0.39 is 0 Å². The third-order valence-electron chi connectivity index (χ3n) is 3.15. The minimum atomic E-state index is 0.359. The summed E-state index contributed by atoms with van der Waals surface area (Å²) in [5.41, 5.74) is 9.50. The van der Waals surface area contributed by atoms with Crippen molar-refractivity contribution in [1.29, 1.82) is 0 Å². The van der Waals surface area contributed by atoms with Crippen molar-refractivity contribution in [3.8, 4) is 16.9 Å². The molecule has 1 aromatic carbocycles. The Morgan fingerprint density at radius 2 is 1.90 bits per heavy atom. The molecule has 0 saturated heterocycles. The largest absolute Gasteiger partial charge is 0.389 e. The van der Waals surface area contributed by atoms with E-state index in [0.29, 0.717) is 10.8 Å². The van der Waals surface area contributed by atoms with E-state index in [0.717, 1.165) is 22.4 Å². The predicted octanol–water partition coefficient (Wildman–Crippen LogP) is 2.88. The van der Waals surface area contributed by atoms with E-state index >= 15 is 0 Å². The maximum absolute atomic E-state index is 5.70. The van der Waals surface area contributed by atoms with Crippen molar-refractivity contribution in [2.24, 2.45) is 5.73 Å². The number of hydrogen-bond donors (Lipinski definition) is 1. The molecule has 0 aliphatic heterocycles. The van der Waals surface area contributed by atoms with Gasteiger partial charge in [0.15, 0.2) is 5.82 Å². The van der Waals surface area contributed by atoms with Gasteiger partial charge in [-0.15, -0.1) is 0 Å². The third kappa shape index (κ3) is 2.83. The van der Waals surface area contributed by atoms with E-state index in [1.165, 1.54) is 0 Å². The van der Waals surface area contributed by atoms with Crippen LogP contribution in [-0.4, -0.2) is 19.8 Å². The van der Waals surface area contributed by atoms with Crippen LogP contribution in [0, 0.1) is 6.92 Å². The summed E-state index contributed by atoms with van der Waals surface area (Å²) >= 11 is 5.03. The molecule has 2 N–H and O–H groups in total. The molecule has 104 valence electrons. The monoisotopic (exact) mass is 294 g/mol. The summed E-state index contributed by atoms with van der Waals surface area (Å²) in [7, 11) is 0. The van der Waals surface area contributed by atoms with Crippen molar-refractivity contribution in [3.63, 3.8) is 0 Å². The molecule has 0 bridgehead atoms. The molecule has 3 aromatic rings. The first-order chi connectivity index (χ1) is 10.1. The minimum Gasteiger partial charge on any atom is -0.389 e. The second-order valence-electron chi connectivity index (χ2n) is 4.76. The Morgan fingerprint density at radius 1 is 1.14 bits per heavy atom. The van der Waals surface area contributed by atoms with Crippen molar-refractivity contribution < 1.29 is 0 Å². The van der Waals surface area contributed by atoms with Gasteiger partial charge in [-0.05, 0) is 24.6 Å². The van der Waals surface area contributed by atoms with Crippen molar-refractivity contribution in [3.05, 3.63) is 66.1 Å². The highest BCUT2D eigenvalue weighted by Gasteiger charge is 2.07. The summed E-state index contributed by atoms with van der Waals surface area (Å²) < 4.78 is 1.73. The highest BCUT2D eigenvalue weighted by Crippen LogP contribution is 2.19. The molecule has 2 aromatic heterocycles. The Labute approximate surface area is 128 Å². The van der Waals surface area contributed by atoms with Crippen molar-refractivity contribution >= 4 is 17.2 Å². The van der Waals surface area contributed by atoms with Gasteiger partial charge in [0.1, 0.15) is 4.99 Å². The lowest BCUT2D eigenvalue weighted by atomic mass is 10.1. The maximum Gasteiger partial charge on any atom is 0.154 e. The summed E-state index contributed by atoms with van der Waals surface area (Å²) in [6.07, 6.45) is 3.76. The average Bonchev–Trinajstić information content (AvgIpc) is 2.97. The number of aryl methyl sites for hydroxylation is 1. The fourth-order valence-electron chi connectivity index (χ4n) is 2.14. The van der Waals surface area contributed by atoms with Crippen LogP contribution in [0.3, 0.4) is 0 Å². The Balaban J connectivity index is 2.02. The van der Waals surface area contributed by atoms with E-state index in [1.807, 2.05) is 61.8 Å². The third-order valence-corrected chi connectivity index (χ3v) is 3.38. The van der Waals surface area contributed by atoms with Gasteiger partial charge in [0, 0.05) is 23.0 Å². The fraction of sp³-hybridized carbons (Fsp3) is 0.0625. The van der Waals surface area contributed by atoms with Gasteiger partial charge in [-0.3, -0.25) is 0 Å². The van der Waals surface area contributed by atoms with E-state index in [9.17, 15) is 0 Å². The standard InChI is InChI=1S/C16H14N4S/c1-11-7-13(16(17)21)8-15(19-11)20-10-14(9-18-20)12-5-3-2-4-6-12/h2-10H,1H3,(H2,17,21). The fourth-order valence-corrected chi connectivity index (χ4v) is 2.26. The van der Waals surface area contributed by atoms with Crippen molar-refractivity contribution in [2.75, 3.05) is 0 Å². The van der Waals surface area contributed by atoms with Crippen LogP contribution in [0.4, 0.5) is 0 Å². The number of pyridine rings is 1. The Hall–Kier alpha value is -2.53.